The van der Waals surface area contributed by atoms with E-state index in [1.807, 2.05) is 0 Å². The number of β-amino-alcohol motifs (C(OH)–C–C–N with tert-alkyl or cyclic N) is 1. The second-order valence-electron chi connectivity index (χ2n) is 4.20. The van der Waals surface area contributed by atoms with Crippen LogP contribution in [-0.4, -0.2) is 23.8 Å². The van der Waals surface area contributed by atoms with Crippen LogP contribution in [0, 0.1) is 17.2 Å². The van der Waals surface area contributed by atoms with Gasteiger partial charge in [-0.05, 0) is 31.6 Å². The van der Waals surface area contributed by atoms with Gasteiger partial charge in [0.1, 0.15) is 5.54 Å². The number of nitrogens with zero attached hydrogens (tertiary/aromatic N) is 1. The van der Waals surface area contributed by atoms with Gasteiger partial charge in [-0.15, -0.1) is 0 Å². The van der Waals surface area contributed by atoms with Crippen molar-refractivity contribution in [3.05, 3.63) is 0 Å². The fourth-order valence-electron chi connectivity index (χ4n) is 2.20. The van der Waals surface area contributed by atoms with Gasteiger partial charge < -0.3 is 5.11 Å². The first-order valence-corrected chi connectivity index (χ1v) is 5.53. The van der Waals surface area contributed by atoms with Crippen molar-refractivity contribution < 1.29 is 5.11 Å². The van der Waals surface area contributed by atoms with Gasteiger partial charge in [0.15, 0.2) is 0 Å². The molecule has 0 amide bonds. The van der Waals surface area contributed by atoms with E-state index < -0.39 is 0 Å². The van der Waals surface area contributed by atoms with Gasteiger partial charge in [0.2, 0.25) is 0 Å². The molecule has 0 aromatic rings. The molecule has 0 spiro atoms. The zero-order valence-corrected chi connectivity index (χ0v) is 8.92. The highest BCUT2D eigenvalue weighted by Crippen LogP contribution is 2.33. The summed E-state index contributed by atoms with van der Waals surface area (Å²) < 4.78 is 0. The van der Waals surface area contributed by atoms with Crippen molar-refractivity contribution in [2.45, 2.75) is 44.6 Å². The van der Waals surface area contributed by atoms with Crippen molar-refractivity contribution in [2.75, 3.05) is 13.2 Å². The summed E-state index contributed by atoms with van der Waals surface area (Å²) in [4.78, 5) is 0. The maximum absolute atomic E-state index is 9.13. The normalized spacial score (nSPS) is 32.5. The minimum atomic E-state index is -0.353. The topological polar surface area (TPSA) is 56.0 Å². The van der Waals surface area contributed by atoms with E-state index in [-0.39, 0.29) is 12.1 Å². The van der Waals surface area contributed by atoms with Gasteiger partial charge in [0.05, 0.1) is 12.7 Å². The van der Waals surface area contributed by atoms with Crippen molar-refractivity contribution in [3.63, 3.8) is 0 Å². The Morgan fingerprint density at radius 1 is 1.50 bits per heavy atom. The number of aliphatic hydroxyl groups excluding tert-OH is 1. The predicted molar refractivity (Wildman–Crippen MR) is 55.7 cm³/mol. The van der Waals surface area contributed by atoms with Crippen LogP contribution in [0.1, 0.15) is 39.0 Å². The molecule has 0 saturated heterocycles. The molecule has 1 rings (SSSR count). The van der Waals surface area contributed by atoms with Crippen LogP contribution in [0.4, 0.5) is 0 Å². The van der Waals surface area contributed by atoms with E-state index in [0.29, 0.717) is 6.54 Å². The number of aliphatic hydroxyl groups is 1. The SMILES string of the molecule is CCC1CCC(C#N)(NCCO)CC1. The zero-order chi connectivity index (χ0) is 10.4. The van der Waals surface area contributed by atoms with Crippen LogP contribution in [0.25, 0.3) is 0 Å². The molecule has 1 aliphatic rings. The minimum Gasteiger partial charge on any atom is -0.395 e. The van der Waals surface area contributed by atoms with Crippen molar-refractivity contribution in [3.8, 4) is 6.07 Å². The number of nitrogens with one attached hydrogen (secondary N) is 1. The molecular formula is C11H20N2O. The Labute approximate surface area is 86.1 Å². The van der Waals surface area contributed by atoms with E-state index in [4.69, 9.17) is 10.4 Å². The van der Waals surface area contributed by atoms with Gasteiger partial charge in [-0.1, -0.05) is 13.3 Å². The molecule has 0 aromatic heterocycles. The molecule has 14 heavy (non-hydrogen) atoms. The standard InChI is InChI=1S/C11H20N2O/c1-2-10-3-5-11(9-12,6-4-10)13-7-8-14/h10,13-14H,2-8H2,1H3. The van der Waals surface area contributed by atoms with Crippen LogP contribution in [0.2, 0.25) is 0 Å². The number of nitriles is 1. The summed E-state index contributed by atoms with van der Waals surface area (Å²) in [6, 6.07) is 2.37. The zero-order valence-electron chi connectivity index (χ0n) is 8.92. The monoisotopic (exact) mass is 196 g/mol. The third-order valence-electron chi connectivity index (χ3n) is 3.33. The van der Waals surface area contributed by atoms with E-state index in [9.17, 15) is 0 Å². The maximum Gasteiger partial charge on any atom is 0.106 e. The van der Waals surface area contributed by atoms with Crippen LogP contribution in [-0.2, 0) is 0 Å². The molecule has 0 radical (unpaired) electrons. The lowest BCUT2D eigenvalue weighted by Gasteiger charge is -2.35. The summed E-state index contributed by atoms with van der Waals surface area (Å²) in [5, 5.41) is 21.0. The molecule has 80 valence electrons. The van der Waals surface area contributed by atoms with Crippen LogP contribution < -0.4 is 5.32 Å². The van der Waals surface area contributed by atoms with Gasteiger partial charge in [-0.2, -0.15) is 5.26 Å². The van der Waals surface area contributed by atoms with Crippen LogP contribution in [0.5, 0.6) is 0 Å². The van der Waals surface area contributed by atoms with Crippen LogP contribution in [0.15, 0.2) is 0 Å². The second-order valence-corrected chi connectivity index (χ2v) is 4.20. The van der Waals surface area contributed by atoms with Gasteiger partial charge in [0, 0.05) is 6.54 Å². The molecule has 2 N–H and O–H groups in total. The molecule has 0 unspecified atom stereocenters. The Morgan fingerprint density at radius 2 is 2.14 bits per heavy atom. The summed E-state index contributed by atoms with van der Waals surface area (Å²) in [6.07, 6.45) is 5.37. The first-order chi connectivity index (χ1) is 6.76. The van der Waals surface area contributed by atoms with Crippen molar-refractivity contribution >= 4 is 0 Å². The third kappa shape index (κ3) is 2.70. The minimum absolute atomic E-state index is 0.112. The maximum atomic E-state index is 9.13. The number of hydrogen-bond acceptors (Lipinski definition) is 3. The Hall–Kier alpha value is -0.590. The van der Waals surface area contributed by atoms with Crippen molar-refractivity contribution in [1.82, 2.24) is 5.32 Å². The van der Waals surface area contributed by atoms with E-state index >= 15 is 0 Å². The van der Waals surface area contributed by atoms with Gasteiger partial charge in [0.25, 0.3) is 0 Å². The Balaban J connectivity index is 2.45. The molecule has 0 aromatic carbocycles. The molecule has 0 aliphatic heterocycles. The molecule has 0 bridgehead atoms. The Kier molecular flexibility index (Phi) is 4.37. The number of rotatable bonds is 4. The van der Waals surface area contributed by atoms with Gasteiger partial charge >= 0.3 is 0 Å². The molecule has 1 saturated carbocycles. The highest BCUT2D eigenvalue weighted by molar-refractivity contribution is 5.09. The average molecular weight is 196 g/mol. The number of hydrogen-bond donors (Lipinski definition) is 2. The Bertz CT molecular complexity index is 202. The quantitative estimate of drug-likeness (QED) is 0.715. The first-order valence-electron chi connectivity index (χ1n) is 5.53. The van der Waals surface area contributed by atoms with E-state index in [1.165, 1.54) is 6.42 Å². The van der Waals surface area contributed by atoms with Crippen LogP contribution >= 0.6 is 0 Å². The summed E-state index contributed by atoms with van der Waals surface area (Å²) in [5.74, 6) is 0.799. The van der Waals surface area contributed by atoms with Crippen molar-refractivity contribution in [2.24, 2.45) is 5.92 Å². The lowest BCUT2D eigenvalue weighted by molar-refractivity contribution is 0.212. The third-order valence-corrected chi connectivity index (χ3v) is 3.33. The summed E-state index contributed by atoms with van der Waals surface area (Å²) >= 11 is 0. The fraction of sp³-hybridized carbons (Fsp3) is 0.909. The smallest absolute Gasteiger partial charge is 0.106 e. The molecule has 1 aliphatic carbocycles. The van der Waals surface area contributed by atoms with Crippen molar-refractivity contribution in [1.29, 1.82) is 5.26 Å². The van der Waals surface area contributed by atoms with E-state index in [0.717, 1.165) is 31.6 Å². The average Bonchev–Trinajstić information content (AvgIpc) is 2.27. The van der Waals surface area contributed by atoms with Gasteiger partial charge in [-0.25, -0.2) is 0 Å². The molecule has 3 heteroatoms. The molecule has 0 atom stereocenters. The highest BCUT2D eigenvalue weighted by Gasteiger charge is 2.34. The summed E-state index contributed by atoms with van der Waals surface area (Å²) in [7, 11) is 0. The first kappa shape index (κ1) is 11.5. The second kappa shape index (κ2) is 5.33. The predicted octanol–water partition coefficient (Wildman–Crippen LogP) is 1.43. The fourth-order valence-corrected chi connectivity index (χ4v) is 2.20. The molecule has 1 fully saturated rings. The summed E-state index contributed by atoms with van der Waals surface area (Å²) in [6.45, 7) is 2.86. The largest absolute Gasteiger partial charge is 0.395 e. The lowest BCUT2D eigenvalue weighted by atomic mass is 9.76. The molecule has 0 heterocycles. The van der Waals surface area contributed by atoms with Crippen LogP contribution in [0.3, 0.4) is 0 Å². The summed E-state index contributed by atoms with van der Waals surface area (Å²) in [5.41, 5.74) is -0.353. The molecular weight excluding hydrogens is 176 g/mol. The molecule has 3 nitrogen and oxygen atoms in total. The van der Waals surface area contributed by atoms with Gasteiger partial charge in [-0.3, -0.25) is 5.32 Å². The lowest BCUT2D eigenvalue weighted by Crippen LogP contribution is -2.47. The highest BCUT2D eigenvalue weighted by atomic mass is 16.3. The Morgan fingerprint density at radius 3 is 2.57 bits per heavy atom. The van der Waals surface area contributed by atoms with E-state index in [2.05, 4.69) is 18.3 Å². The van der Waals surface area contributed by atoms with E-state index in [1.54, 1.807) is 0 Å².